The van der Waals surface area contributed by atoms with Gasteiger partial charge in [0.2, 0.25) is 0 Å². The highest BCUT2D eigenvalue weighted by Gasteiger charge is 2.30. The van der Waals surface area contributed by atoms with Crippen molar-refractivity contribution in [2.24, 2.45) is 0 Å². The van der Waals surface area contributed by atoms with Gasteiger partial charge in [-0.15, -0.1) is 0 Å². The zero-order valence-electron chi connectivity index (χ0n) is 14.5. The summed E-state index contributed by atoms with van der Waals surface area (Å²) in [5.41, 5.74) is 1.56. The summed E-state index contributed by atoms with van der Waals surface area (Å²) in [5.74, 6) is 0.397. The van der Waals surface area contributed by atoms with E-state index in [0.717, 1.165) is 11.1 Å². The SMILES string of the molecule is CCN1C(=O)/C(=C/c2cc(Cl)c(OCc3ccc(Cl)cc3Cl)c(Br)c2)SC1=S. The fourth-order valence-electron chi connectivity index (χ4n) is 2.51. The van der Waals surface area contributed by atoms with E-state index in [4.69, 9.17) is 51.8 Å². The molecule has 1 aliphatic heterocycles. The molecule has 1 aliphatic rings. The molecule has 1 saturated heterocycles. The van der Waals surface area contributed by atoms with Gasteiger partial charge in [-0.25, -0.2) is 0 Å². The van der Waals surface area contributed by atoms with Crippen LogP contribution in [0.3, 0.4) is 0 Å². The summed E-state index contributed by atoms with van der Waals surface area (Å²) in [6.45, 7) is 2.68. The monoisotopic (exact) mass is 535 g/mol. The lowest BCUT2D eigenvalue weighted by Crippen LogP contribution is -2.27. The summed E-state index contributed by atoms with van der Waals surface area (Å²) in [6, 6.07) is 8.79. The maximum Gasteiger partial charge on any atom is 0.266 e. The number of thioether (sulfide) groups is 1. The molecule has 2 aromatic carbocycles. The Hall–Kier alpha value is -0.760. The number of thiocarbonyl (C=S) groups is 1. The third-order valence-corrected chi connectivity index (χ3v) is 6.73. The molecule has 146 valence electrons. The molecule has 0 aliphatic carbocycles. The molecule has 0 spiro atoms. The second-order valence-corrected chi connectivity index (χ2v) is 9.54. The fourth-order valence-corrected chi connectivity index (χ4v) is 5.35. The van der Waals surface area contributed by atoms with Crippen LogP contribution in [0.2, 0.25) is 15.1 Å². The molecule has 1 fully saturated rings. The third kappa shape index (κ3) is 4.86. The summed E-state index contributed by atoms with van der Waals surface area (Å²) in [5, 5.41) is 1.50. The Kier molecular flexibility index (Phi) is 7.34. The molecule has 0 bridgehead atoms. The van der Waals surface area contributed by atoms with Crippen molar-refractivity contribution in [2.75, 3.05) is 6.54 Å². The molecular weight excluding hydrogens is 525 g/mol. The molecule has 0 unspecified atom stereocenters. The summed E-state index contributed by atoms with van der Waals surface area (Å²) >= 11 is 28.5. The van der Waals surface area contributed by atoms with Crippen molar-refractivity contribution in [1.82, 2.24) is 4.90 Å². The van der Waals surface area contributed by atoms with Crippen LogP contribution < -0.4 is 4.74 Å². The van der Waals surface area contributed by atoms with Crippen molar-refractivity contribution in [3.05, 3.63) is 65.9 Å². The second kappa shape index (κ2) is 9.37. The minimum absolute atomic E-state index is 0.0950. The highest BCUT2D eigenvalue weighted by Crippen LogP contribution is 2.38. The van der Waals surface area contributed by atoms with E-state index in [1.165, 1.54) is 11.8 Å². The first-order chi connectivity index (χ1) is 13.3. The second-order valence-electron chi connectivity index (χ2n) is 5.76. The zero-order valence-corrected chi connectivity index (χ0v) is 20.0. The van der Waals surface area contributed by atoms with Crippen LogP contribution in [-0.2, 0) is 11.4 Å². The smallest absolute Gasteiger partial charge is 0.266 e. The molecule has 9 heteroatoms. The Labute approximate surface area is 196 Å². The molecule has 0 aromatic heterocycles. The molecule has 0 atom stereocenters. The van der Waals surface area contributed by atoms with E-state index in [-0.39, 0.29) is 12.5 Å². The Morgan fingerprint density at radius 3 is 2.57 bits per heavy atom. The van der Waals surface area contributed by atoms with Crippen molar-refractivity contribution >= 4 is 91.0 Å². The number of rotatable bonds is 5. The molecule has 0 saturated carbocycles. The first-order valence-corrected chi connectivity index (χ1v) is 11.3. The van der Waals surface area contributed by atoms with Crippen molar-refractivity contribution in [3.8, 4) is 5.75 Å². The van der Waals surface area contributed by atoms with Crippen LogP contribution in [-0.4, -0.2) is 21.7 Å². The Morgan fingerprint density at radius 1 is 1.21 bits per heavy atom. The van der Waals surface area contributed by atoms with Crippen LogP contribution in [0.4, 0.5) is 0 Å². The van der Waals surface area contributed by atoms with Gasteiger partial charge in [0.1, 0.15) is 10.9 Å². The summed E-state index contributed by atoms with van der Waals surface area (Å²) in [4.78, 5) is 14.5. The minimum atomic E-state index is -0.0950. The van der Waals surface area contributed by atoms with Crippen LogP contribution in [0, 0.1) is 0 Å². The van der Waals surface area contributed by atoms with Gasteiger partial charge in [0, 0.05) is 22.2 Å². The molecular formula is C19H13BrCl3NO2S2. The minimum Gasteiger partial charge on any atom is -0.486 e. The number of hydrogen-bond acceptors (Lipinski definition) is 4. The molecule has 28 heavy (non-hydrogen) atoms. The average Bonchev–Trinajstić information content (AvgIpc) is 2.88. The number of carbonyl (C=O) groups is 1. The van der Waals surface area contributed by atoms with Gasteiger partial charge in [-0.3, -0.25) is 9.69 Å². The predicted molar refractivity (Wildman–Crippen MR) is 125 cm³/mol. The van der Waals surface area contributed by atoms with Crippen LogP contribution >= 0.6 is 74.7 Å². The molecule has 3 nitrogen and oxygen atoms in total. The van der Waals surface area contributed by atoms with Gasteiger partial charge in [-0.1, -0.05) is 64.8 Å². The fraction of sp³-hybridized carbons (Fsp3) is 0.158. The van der Waals surface area contributed by atoms with Crippen molar-refractivity contribution < 1.29 is 9.53 Å². The van der Waals surface area contributed by atoms with Crippen molar-refractivity contribution in [3.63, 3.8) is 0 Å². The summed E-state index contributed by atoms with van der Waals surface area (Å²) in [7, 11) is 0. The van der Waals surface area contributed by atoms with Gasteiger partial charge in [-0.2, -0.15) is 0 Å². The lowest BCUT2D eigenvalue weighted by Gasteiger charge is -2.12. The van der Waals surface area contributed by atoms with Crippen LogP contribution in [0.15, 0.2) is 39.7 Å². The lowest BCUT2D eigenvalue weighted by molar-refractivity contribution is -0.121. The van der Waals surface area contributed by atoms with Crippen LogP contribution in [0.5, 0.6) is 5.75 Å². The molecule has 2 aromatic rings. The first-order valence-electron chi connectivity index (χ1n) is 8.11. The zero-order chi connectivity index (χ0) is 20.4. The first kappa shape index (κ1) is 21.9. The lowest BCUT2D eigenvalue weighted by atomic mass is 10.2. The summed E-state index contributed by atoms with van der Waals surface area (Å²) < 4.78 is 7.07. The quantitative estimate of drug-likeness (QED) is 0.298. The molecule has 3 rings (SSSR count). The summed E-state index contributed by atoms with van der Waals surface area (Å²) in [6.07, 6.45) is 1.77. The maximum atomic E-state index is 12.4. The van der Waals surface area contributed by atoms with E-state index in [0.29, 0.717) is 41.1 Å². The van der Waals surface area contributed by atoms with Crippen LogP contribution in [0.25, 0.3) is 6.08 Å². The maximum absolute atomic E-state index is 12.4. The van der Waals surface area contributed by atoms with E-state index in [1.54, 1.807) is 35.2 Å². The Balaban J connectivity index is 1.80. The van der Waals surface area contributed by atoms with E-state index >= 15 is 0 Å². The standard InChI is InChI=1S/C19H13BrCl3NO2S2/c1-2-24-18(25)16(28-19(24)27)7-10-5-13(20)17(15(23)6-10)26-9-11-3-4-12(21)8-14(11)22/h3-8H,2,9H2,1H3/b16-7-. The highest BCUT2D eigenvalue weighted by atomic mass is 79.9. The van der Waals surface area contributed by atoms with Gasteiger partial charge in [0.15, 0.2) is 5.75 Å². The topological polar surface area (TPSA) is 29.5 Å². The number of benzene rings is 2. The Morgan fingerprint density at radius 2 is 1.96 bits per heavy atom. The van der Waals surface area contributed by atoms with E-state index in [1.807, 2.05) is 13.0 Å². The third-order valence-electron chi connectivity index (χ3n) is 3.90. The highest BCUT2D eigenvalue weighted by molar-refractivity contribution is 9.10. The molecule has 0 N–H and O–H groups in total. The Bertz CT molecular complexity index is 974. The van der Waals surface area contributed by atoms with Gasteiger partial charge < -0.3 is 4.74 Å². The average molecular weight is 538 g/mol. The van der Waals surface area contributed by atoms with Gasteiger partial charge in [0.25, 0.3) is 5.91 Å². The molecule has 1 amide bonds. The number of nitrogens with zero attached hydrogens (tertiary/aromatic N) is 1. The number of ether oxygens (including phenoxy) is 1. The number of likely N-dealkylation sites (N-methyl/N-ethyl adjacent to an activating group) is 1. The predicted octanol–water partition coefficient (Wildman–Crippen LogP) is 7.21. The molecule has 0 radical (unpaired) electrons. The van der Waals surface area contributed by atoms with Crippen LogP contribution in [0.1, 0.15) is 18.1 Å². The normalized spacial score (nSPS) is 15.6. The van der Waals surface area contributed by atoms with E-state index < -0.39 is 0 Å². The van der Waals surface area contributed by atoms with Crippen molar-refractivity contribution in [1.29, 1.82) is 0 Å². The van der Waals surface area contributed by atoms with Gasteiger partial charge in [0.05, 0.1) is 14.4 Å². The number of carbonyl (C=O) groups excluding carboxylic acids is 1. The molecule has 1 heterocycles. The largest absolute Gasteiger partial charge is 0.486 e. The van der Waals surface area contributed by atoms with Gasteiger partial charge >= 0.3 is 0 Å². The van der Waals surface area contributed by atoms with Crippen molar-refractivity contribution in [2.45, 2.75) is 13.5 Å². The number of hydrogen-bond donors (Lipinski definition) is 0. The van der Waals surface area contributed by atoms with E-state index in [9.17, 15) is 4.79 Å². The number of amides is 1. The van der Waals surface area contributed by atoms with E-state index in [2.05, 4.69) is 15.9 Å². The number of halogens is 4. The van der Waals surface area contributed by atoms with Gasteiger partial charge in [-0.05, 0) is 58.8 Å².